The second kappa shape index (κ2) is 10.7. The Morgan fingerprint density at radius 3 is 2.68 bits per heavy atom. The van der Waals surface area contributed by atoms with Crippen LogP contribution in [-0.2, 0) is 13.0 Å². The average molecular weight is 499 g/mol. The molecular weight excluding hydrogens is 468 g/mol. The van der Waals surface area contributed by atoms with Crippen LogP contribution in [0, 0.1) is 0 Å². The number of nitrogens with zero attached hydrogens (tertiary/aromatic N) is 9. The maximum absolute atomic E-state index is 13.8. The summed E-state index contributed by atoms with van der Waals surface area (Å²) in [6.07, 6.45) is 10.7. The van der Waals surface area contributed by atoms with Gasteiger partial charge in [0.2, 0.25) is 11.8 Å². The third kappa shape index (κ3) is 4.72. The van der Waals surface area contributed by atoms with Crippen molar-refractivity contribution in [2.75, 3.05) is 0 Å². The second-order valence-electron chi connectivity index (χ2n) is 9.04. The number of unbranched alkanes of at least 4 members (excludes halogenated alkanes) is 1. The maximum Gasteiger partial charge on any atom is 0.335 e. The van der Waals surface area contributed by atoms with Gasteiger partial charge >= 0.3 is 5.69 Å². The second-order valence-corrected chi connectivity index (χ2v) is 9.04. The lowest BCUT2D eigenvalue weighted by atomic mass is 9.96. The Morgan fingerprint density at radius 2 is 1.92 bits per heavy atom. The summed E-state index contributed by atoms with van der Waals surface area (Å²) in [7, 11) is 0. The van der Waals surface area contributed by atoms with E-state index in [1.165, 1.54) is 6.33 Å². The third-order valence-electron chi connectivity index (χ3n) is 6.66. The summed E-state index contributed by atoms with van der Waals surface area (Å²) in [6, 6.07) is 9.98. The molecule has 11 heteroatoms. The van der Waals surface area contributed by atoms with Crippen LogP contribution >= 0.6 is 0 Å². The minimum absolute atomic E-state index is 0.124. The molecule has 1 atom stereocenters. The molecular formula is C26H30N10O. The number of pyridine rings is 1. The molecule has 5 aromatic rings. The number of aromatic amines is 1. The van der Waals surface area contributed by atoms with Gasteiger partial charge in [-0.2, -0.15) is 15.3 Å². The lowest BCUT2D eigenvalue weighted by molar-refractivity contribution is 0.466. The number of hydrogen-bond acceptors (Lipinski definition) is 7. The molecule has 0 aliphatic rings. The Morgan fingerprint density at radius 1 is 1.08 bits per heavy atom. The fourth-order valence-electron chi connectivity index (χ4n) is 4.47. The van der Waals surface area contributed by atoms with Gasteiger partial charge in [0.1, 0.15) is 6.33 Å². The Bertz CT molecular complexity index is 1530. The minimum Gasteiger partial charge on any atom is -0.291 e. The zero-order chi connectivity index (χ0) is 25.8. The van der Waals surface area contributed by atoms with E-state index in [0.29, 0.717) is 18.3 Å². The number of rotatable bonds is 10. The first-order valence-electron chi connectivity index (χ1n) is 12.6. The topological polar surface area (TPSA) is 125 Å². The maximum atomic E-state index is 13.8. The molecule has 5 rings (SSSR count). The predicted octanol–water partition coefficient (Wildman–Crippen LogP) is 3.83. The van der Waals surface area contributed by atoms with Crippen molar-refractivity contribution in [3.8, 4) is 28.5 Å². The summed E-state index contributed by atoms with van der Waals surface area (Å²) < 4.78 is 5.25. The van der Waals surface area contributed by atoms with Gasteiger partial charge in [-0.15, -0.1) is 10.2 Å². The van der Waals surface area contributed by atoms with Gasteiger partial charge in [0.15, 0.2) is 0 Å². The molecule has 0 bridgehead atoms. The van der Waals surface area contributed by atoms with E-state index in [-0.39, 0.29) is 11.7 Å². The van der Waals surface area contributed by atoms with Gasteiger partial charge in [-0.25, -0.2) is 14.0 Å². The molecule has 4 heterocycles. The molecule has 0 aliphatic heterocycles. The van der Waals surface area contributed by atoms with Crippen molar-refractivity contribution in [1.29, 1.82) is 0 Å². The highest BCUT2D eigenvalue weighted by Crippen LogP contribution is 2.32. The van der Waals surface area contributed by atoms with Gasteiger partial charge < -0.3 is 0 Å². The van der Waals surface area contributed by atoms with Gasteiger partial charge in [0.25, 0.3) is 0 Å². The van der Waals surface area contributed by atoms with Crippen LogP contribution in [-0.4, -0.2) is 49.5 Å². The predicted molar refractivity (Wildman–Crippen MR) is 139 cm³/mol. The molecule has 190 valence electrons. The number of H-pyrrole nitrogens is 1. The number of benzene rings is 1. The van der Waals surface area contributed by atoms with Crippen molar-refractivity contribution in [1.82, 2.24) is 49.5 Å². The molecule has 0 aliphatic carbocycles. The molecule has 0 spiro atoms. The molecule has 0 saturated heterocycles. The highest BCUT2D eigenvalue weighted by molar-refractivity contribution is 5.81. The Labute approximate surface area is 214 Å². The van der Waals surface area contributed by atoms with Crippen LogP contribution in [0.4, 0.5) is 0 Å². The highest BCUT2D eigenvalue weighted by Gasteiger charge is 2.20. The Hall–Kier alpha value is -4.41. The van der Waals surface area contributed by atoms with Gasteiger partial charge in [-0.1, -0.05) is 44.5 Å². The number of tetrazole rings is 1. The van der Waals surface area contributed by atoms with Crippen molar-refractivity contribution in [3.05, 3.63) is 77.0 Å². The summed E-state index contributed by atoms with van der Waals surface area (Å²) in [5.41, 5.74) is 4.47. The lowest BCUT2D eigenvalue weighted by Gasteiger charge is -2.14. The van der Waals surface area contributed by atoms with Crippen molar-refractivity contribution in [2.24, 2.45) is 0 Å². The monoisotopic (exact) mass is 498 g/mol. The Balaban J connectivity index is 1.60. The summed E-state index contributed by atoms with van der Waals surface area (Å²) in [6.45, 7) is 6.67. The normalized spacial score (nSPS) is 12.2. The molecule has 0 saturated carbocycles. The molecule has 1 unspecified atom stereocenters. The Kier molecular flexibility index (Phi) is 7.02. The largest absolute Gasteiger partial charge is 0.335 e. The zero-order valence-corrected chi connectivity index (χ0v) is 21.2. The molecule has 37 heavy (non-hydrogen) atoms. The van der Waals surface area contributed by atoms with Crippen LogP contribution in [0.2, 0.25) is 0 Å². The van der Waals surface area contributed by atoms with Gasteiger partial charge in [-0.05, 0) is 54.2 Å². The fourth-order valence-corrected chi connectivity index (χ4v) is 4.47. The van der Waals surface area contributed by atoms with E-state index in [1.807, 2.05) is 52.0 Å². The molecule has 1 N–H and O–H groups in total. The van der Waals surface area contributed by atoms with Gasteiger partial charge in [0.05, 0.1) is 12.6 Å². The molecule has 0 amide bonds. The fraction of sp³-hybridized carbons (Fsp3) is 0.346. The number of aromatic nitrogens is 10. The summed E-state index contributed by atoms with van der Waals surface area (Å²) in [4.78, 5) is 22.6. The van der Waals surface area contributed by atoms with E-state index in [2.05, 4.69) is 56.5 Å². The van der Waals surface area contributed by atoms with Crippen LogP contribution in [0.25, 0.3) is 28.5 Å². The molecule has 1 aromatic carbocycles. The molecule has 0 radical (unpaired) electrons. The van der Waals surface area contributed by atoms with E-state index >= 15 is 0 Å². The summed E-state index contributed by atoms with van der Waals surface area (Å²) in [5.74, 6) is 1.04. The average Bonchev–Trinajstić information content (AvgIpc) is 3.69. The molecule has 4 aromatic heterocycles. The van der Waals surface area contributed by atoms with Crippen molar-refractivity contribution in [2.45, 2.75) is 59.0 Å². The van der Waals surface area contributed by atoms with Crippen LogP contribution in [0.5, 0.6) is 0 Å². The first-order chi connectivity index (χ1) is 18.1. The van der Waals surface area contributed by atoms with Gasteiger partial charge in [-0.3, -0.25) is 9.55 Å². The highest BCUT2D eigenvalue weighted by atomic mass is 16.2. The number of imidazole rings is 1. The van der Waals surface area contributed by atoms with E-state index in [9.17, 15) is 4.79 Å². The minimum atomic E-state index is -0.148. The van der Waals surface area contributed by atoms with E-state index < -0.39 is 0 Å². The number of nitrogens with one attached hydrogen (secondary N) is 1. The van der Waals surface area contributed by atoms with E-state index in [0.717, 1.165) is 53.6 Å². The number of aryl methyl sites for hydroxylation is 1. The molecule has 11 nitrogen and oxygen atoms in total. The quantitative estimate of drug-likeness (QED) is 0.310. The SMILES string of the molecule is CCCCc1cn(-c2ncnn2C(C)CC)c(=O)n1Cc1cnccc1-c1ccccc1-c1nn[nH]n1. The van der Waals surface area contributed by atoms with Crippen molar-refractivity contribution >= 4 is 0 Å². The number of hydrogen-bond donors (Lipinski definition) is 1. The van der Waals surface area contributed by atoms with E-state index in [1.54, 1.807) is 10.8 Å². The summed E-state index contributed by atoms with van der Waals surface area (Å²) >= 11 is 0. The summed E-state index contributed by atoms with van der Waals surface area (Å²) in [5, 5.41) is 19.0. The van der Waals surface area contributed by atoms with Crippen LogP contribution < -0.4 is 5.69 Å². The van der Waals surface area contributed by atoms with Crippen LogP contribution in [0.1, 0.15) is 57.3 Å². The third-order valence-corrected chi connectivity index (χ3v) is 6.66. The van der Waals surface area contributed by atoms with Gasteiger partial charge in [0, 0.05) is 29.8 Å². The molecule has 0 fully saturated rings. The van der Waals surface area contributed by atoms with Crippen molar-refractivity contribution < 1.29 is 0 Å². The van der Waals surface area contributed by atoms with E-state index in [4.69, 9.17) is 0 Å². The standard InChI is InChI=1S/C26H30N10O/c1-4-6-9-20-16-35(25-28-17-29-36(25)18(3)5-2)26(37)34(20)15-19-14-27-13-12-21(19)22-10-7-8-11-23(22)24-30-32-33-31-24/h7-8,10-14,16-18H,4-6,9,15H2,1-3H3,(H,30,31,32,33). The zero-order valence-electron chi connectivity index (χ0n) is 21.2. The van der Waals surface area contributed by atoms with Crippen molar-refractivity contribution in [3.63, 3.8) is 0 Å². The first-order valence-corrected chi connectivity index (χ1v) is 12.6. The lowest BCUT2D eigenvalue weighted by Crippen LogP contribution is -2.27. The van der Waals surface area contributed by atoms with Crippen LogP contribution in [0.3, 0.4) is 0 Å². The smallest absolute Gasteiger partial charge is 0.291 e. The van der Waals surface area contributed by atoms with Crippen LogP contribution in [0.15, 0.2) is 60.0 Å². The first kappa shape index (κ1) is 24.3.